The van der Waals surface area contributed by atoms with E-state index >= 15 is 0 Å². The summed E-state index contributed by atoms with van der Waals surface area (Å²) in [5, 5.41) is 14.4. The summed E-state index contributed by atoms with van der Waals surface area (Å²) in [5.74, 6) is 0.700. The molecule has 0 fully saturated rings. The van der Waals surface area contributed by atoms with Crippen molar-refractivity contribution in [2.24, 2.45) is 0 Å². The van der Waals surface area contributed by atoms with Gasteiger partial charge in [-0.25, -0.2) is 0 Å². The number of methoxy groups -OCH3 is 1. The van der Waals surface area contributed by atoms with Crippen molar-refractivity contribution in [2.45, 2.75) is 16.7 Å². The number of hydrogen-bond donors (Lipinski definition) is 1. The monoisotopic (exact) mass is 304 g/mol. The van der Waals surface area contributed by atoms with Crippen LogP contribution in [0.4, 0.5) is 11.4 Å². The van der Waals surface area contributed by atoms with Crippen molar-refractivity contribution in [2.75, 3.05) is 19.0 Å². The molecule has 0 radical (unpaired) electrons. The Morgan fingerprint density at radius 2 is 1.90 bits per heavy atom. The van der Waals surface area contributed by atoms with Crippen LogP contribution in [0.2, 0.25) is 0 Å². The molecule has 2 aromatic carbocycles. The minimum Gasteiger partial charge on any atom is -0.496 e. The summed E-state index contributed by atoms with van der Waals surface area (Å²) >= 11 is 1.33. The van der Waals surface area contributed by atoms with Crippen molar-refractivity contribution >= 4 is 23.1 Å². The van der Waals surface area contributed by atoms with Gasteiger partial charge in [0.15, 0.2) is 0 Å². The van der Waals surface area contributed by atoms with Crippen molar-refractivity contribution in [1.82, 2.24) is 0 Å². The second-order valence-corrected chi connectivity index (χ2v) is 5.28. The Kier molecular flexibility index (Phi) is 5.05. The van der Waals surface area contributed by atoms with E-state index in [1.54, 1.807) is 19.2 Å². The SMILES string of the molecule is CCNc1cccc(Sc2ccccc2OC)c1[N+](=O)[O-]. The largest absolute Gasteiger partial charge is 0.496 e. The van der Waals surface area contributed by atoms with Crippen molar-refractivity contribution in [3.8, 4) is 5.75 Å². The lowest BCUT2D eigenvalue weighted by atomic mass is 10.2. The fourth-order valence-electron chi connectivity index (χ4n) is 1.95. The molecule has 110 valence electrons. The Morgan fingerprint density at radius 1 is 1.19 bits per heavy atom. The van der Waals surface area contributed by atoms with Crippen LogP contribution >= 0.6 is 11.8 Å². The predicted molar refractivity (Wildman–Crippen MR) is 84.4 cm³/mol. The van der Waals surface area contributed by atoms with Gasteiger partial charge in [0.2, 0.25) is 0 Å². The maximum Gasteiger partial charge on any atom is 0.306 e. The predicted octanol–water partition coefficient (Wildman–Crippen LogP) is 4.19. The van der Waals surface area contributed by atoms with Crippen molar-refractivity contribution in [3.05, 3.63) is 52.6 Å². The second kappa shape index (κ2) is 6.99. The highest BCUT2D eigenvalue weighted by atomic mass is 32.2. The molecular formula is C15H16N2O3S. The Hall–Kier alpha value is -2.21. The molecule has 0 bridgehead atoms. The number of benzene rings is 2. The van der Waals surface area contributed by atoms with Crippen LogP contribution in [0.25, 0.3) is 0 Å². The third-order valence-corrected chi connectivity index (χ3v) is 3.94. The van der Waals surface area contributed by atoms with Crippen LogP contribution in [0, 0.1) is 10.1 Å². The topological polar surface area (TPSA) is 64.4 Å². The van der Waals surface area contributed by atoms with Gasteiger partial charge in [-0.05, 0) is 31.2 Å². The molecule has 2 rings (SSSR count). The number of para-hydroxylation sites is 2. The summed E-state index contributed by atoms with van der Waals surface area (Å²) in [6.07, 6.45) is 0. The summed E-state index contributed by atoms with van der Waals surface area (Å²) in [5.41, 5.74) is 0.623. The average Bonchev–Trinajstić information content (AvgIpc) is 2.48. The molecule has 0 aromatic heterocycles. The normalized spacial score (nSPS) is 10.2. The third-order valence-electron chi connectivity index (χ3n) is 2.84. The molecule has 0 saturated carbocycles. The molecule has 0 atom stereocenters. The molecule has 0 amide bonds. The van der Waals surface area contributed by atoms with Gasteiger partial charge in [-0.2, -0.15) is 0 Å². The molecule has 5 nitrogen and oxygen atoms in total. The van der Waals surface area contributed by atoms with E-state index in [0.717, 1.165) is 4.90 Å². The number of nitrogens with zero attached hydrogens (tertiary/aromatic N) is 1. The van der Waals surface area contributed by atoms with Gasteiger partial charge in [-0.3, -0.25) is 10.1 Å². The smallest absolute Gasteiger partial charge is 0.306 e. The first-order chi connectivity index (χ1) is 10.2. The summed E-state index contributed by atoms with van der Waals surface area (Å²) < 4.78 is 5.29. The number of hydrogen-bond acceptors (Lipinski definition) is 5. The Labute approximate surface area is 127 Å². The van der Waals surface area contributed by atoms with Gasteiger partial charge in [-0.15, -0.1) is 0 Å². The fraction of sp³-hybridized carbons (Fsp3) is 0.200. The van der Waals surface area contributed by atoms with Gasteiger partial charge in [0.05, 0.1) is 21.8 Å². The Bertz CT molecular complexity index is 647. The van der Waals surface area contributed by atoms with E-state index in [9.17, 15) is 10.1 Å². The molecule has 0 unspecified atom stereocenters. The molecule has 0 spiro atoms. The maximum absolute atomic E-state index is 11.4. The Morgan fingerprint density at radius 3 is 2.57 bits per heavy atom. The van der Waals surface area contributed by atoms with Gasteiger partial charge in [0.1, 0.15) is 11.4 Å². The number of nitro benzene ring substituents is 1. The lowest BCUT2D eigenvalue weighted by Gasteiger charge is -2.10. The number of nitro groups is 1. The molecule has 0 aliphatic rings. The molecule has 1 N–H and O–H groups in total. The first-order valence-corrected chi connectivity index (χ1v) is 7.31. The van der Waals surface area contributed by atoms with E-state index in [0.29, 0.717) is 22.9 Å². The minimum atomic E-state index is -0.351. The van der Waals surface area contributed by atoms with Crippen LogP contribution < -0.4 is 10.1 Å². The summed E-state index contributed by atoms with van der Waals surface area (Å²) in [6, 6.07) is 12.7. The molecule has 0 heterocycles. The van der Waals surface area contributed by atoms with Crippen LogP contribution in [0.5, 0.6) is 5.75 Å². The van der Waals surface area contributed by atoms with Crippen LogP contribution in [0.3, 0.4) is 0 Å². The minimum absolute atomic E-state index is 0.0928. The van der Waals surface area contributed by atoms with E-state index in [-0.39, 0.29) is 10.6 Å². The number of rotatable bonds is 6. The second-order valence-electron chi connectivity index (χ2n) is 4.19. The number of nitrogens with one attached hydrogen (secondary N) is 1. The quantitative estimate of drug-likeness (QED) is 0.640. The van der Waals surface area contributed by atoms with Gasteiger partial charge in [0.25, 0.3) is 0 Å². The zero-order valence-corrected chi connectivity index (χ0v) is 12.6. The van der Waals surface area contributed by atoms with E-state index in [1.807, 2.05) is 37.3 Å². The van der Waals surface area contributed by atoms with E-state index in [2.05, 4.69) is 5.32 Å². The third kappa shape index (κ3) is 3.46. The molecule has 6 heteroatoms. The first kappa shape index (κ1) is 15.2. The molecule has 0 aliphatic heterocycles. The standard InChI is InChI=1S/C15H16N2O3S/c1-3-16-11-7-6-10-14(15(11)17(18)19)21-13-9-5-4-8-12(13)20-2/h4-10,16H,3H2,1-2H3. The van der Waals surface area contributed by atoms with Crippen LogP contribution in [-0.4, -0.2) is 18.6 Å². The van der Waals surface area contributed by atoms with Crippen molar-refractivity contribution < 1.29 is 9.66 Å². The van der Waals surface area contributed by atoms with Gasteiger partial charge < -0.3 is 10.1 Å². The highest BCUT2D eigenvalue weighted by molar-refractivity contribution is 7.99. The molecule has 21 heavy (non-hydrogen) atoms. The van der Waals surface area contributed by atoms with Gasteiger partial charge >= 0.3 is 5.69 Å². The molecular weight excluding hydrogens is 288 g/mol. The van der Waals surface area contributed by atoms with Crippen molar-refractivity contribution in [3.63, 3.8) is 0 Å². The highest BCUT2D eigenvalue weighted by Gasteiger charge is 2.20. The summed E-state index contributed by atoms with van der Waals surface area (Å²) in [4.78, 5) is 12.5. The number of ether oxygens (including phenoxy) is 1. The molecule has 0 aliphatic carbocycles. The van der Waals surface area contributed by atoms with Gasteiger partial charge in [0, 0.05) is 6.54 Å². The molecule has 2 aromatic rings. The average molecular weight is 304 g/mol. The van der Waals surface area contributed by atoms with E-state index < -0.39 is 0 Å². The van der Waals surface area contributed by atoms with E-state index in [4.69, 9.17) is 4.74 Å². The highest BCUT2D eigenvalue weighted by Crippen LogP contribution is 2.42. The first-order valence-electron chi connectivity index (χ1n) is 6.49. The maximum atomic E-state index is 11.4. The lowest BCUT2D eigenvalue weighted by molar-refractivity contribution is -0.386. The van der Waals surface area contributed by atoms with Crippen LogP contribution in [0.1, 0.15) is 6.92 Å². The fourth-order valence-corrected chi connectivity index (χ4v) is 3.01. The van der Waals surface area contributed by atoms with E-state index in [1.165, 1.54) is 11.8 Å². The van der Waals surface area contributed by atoms with Crippen molar-refractivity contribution in [1.29, 1.82) is 0 Å². The Balaban J connectivity index is 2.44. The van der Waals surface area contributed by atoms with Crippen LogP contribution in [-0.2, 0) is 0 Å². The summed E-state index contributed by atoms with van der Waals surface area (Å²) in [7, 11) is 1.59. The van der Waals surface area contributed by atoms with Crippen LogP contribution in [0.15, 0.2) is 52.3 Å². The lowest BCUT2D eigenvalue weighted by Crippen LogP contribution is -2.02. The molecule has 0 saturated heterocycles. The number of anilines is 1. The summed E-state index contributed by atoms with van der Waals surface area (Å²) in [6.45, 7) is 2.54. The van der Waals surface area contributed by atoms with Gasteiger partial charge in [-0.1, -0.05) is 30.0 Å². The zero-order valence-electron chi connectivity index (χ0n) is 11.8. The zero-order chi connectivity index (χ0) is 15.2.